The summed E-state index contributed by atoms with van der Waals surface area (Å²) in [7, 11) is 0. The van der Waals surface area contributed by atoms with Crippen LogP contribution in [0.15, 0.2) is 40.9 Å². The molecule has 100 valence electrons. The number of rotatable bonds is 3. The summed E-state index contributed by atoms with van der Waals surface area (Å²) in [4.78, 5) is 0. The molecule has 0 aliphatic heterocycles. The predicted octanol–water partition coefficient (Wildman–Crippen LogP) is 4.79. The van der Waals surface area contributed by atoms with E-state index >= 15 is 0 Å². The minimum Gasteiger partial charge on any atom is -0.324 e. The fourth-order valence-electron chi connectivity index (χ4n) is 1.99. The van der Waals surface area contributed by atoms with Gasteiger partial charge in [-0.15, -0.1) is 0 Å². The molecule has 19 heavy (non-hydrogen) atoms. The van der Waals surface area contributed by atoms with Gasteiger partial charge in [-0.1, -0.05) is 51.8 Å². The van der Waals surface area contributed by atoms with Crippen molar-refractivity contribution in [3.63, 3.8) is 0 Å². The van der Waals surface area contributed by atoms with Gasteiger partial charge in [0.2, 0.25) is 0 Å². The Bertz CT molecular complexity index is 601. The van der Waals surface area contributed by atoms with Gasteiger partial charge in [0.1, 0.15) is 5.82 Å². The molecular weight excluding hydrogens is 329 g/mol. The highest BCUT2D eigenvalue weighted by molar-refractivity contribution is 9.10. The molecule has 1 nitrogen and oxygen atoms in total. The molecule has 0 radical (unpaired) electrons. The monoisotopic (exact) mass is 341 g/mol. The molecule has 2 aromatic carbocycles. The van der Waals surface area contributed by atoms with Gasteiger partial charge in [-0.2, -0.15) is 0 Å². The summed E-state index contributed by atoms with van der Waals surface area (Å²) < 4.78 is 14.5. The van der Waals surface area contributed by atoms with Crippen LogP contribution in [0.3, 0.4) is 0 Å². The van der Waals surface area contributed by atoms with Crippen LogP contribution in [0.4, 0.5) is 4.39 Å². The smallest absolute Gasteiger partial charge is 0.127 e. The predicted molar refractivity (Wildman–Crippen MR) is 80.9 cm³/mol. The fraction of sp³-hybridized carbons (Fsp3) is 0.200. The quantitative estimate of drug-likeness (QED) is 0.852. The first kappa shape index (κ1) is 14.5. The Hall–Kier alpha value is -0.900. The topological polar surface area (TPSA) is 26.0 Å². The first-order valence-electron chi connectivity index (χ1n) is 5.93. The Labute approximate surface area is 125 Å². The molecular formula is C15H14BrClFN. The Balaban J connectivity index is 2.25. The van der Waals surface area contributed by atoms with Gasteiger partial charge in [-0.3, -0.25) is 0 Å². The van der Waals surface area contributed by atoms with E-state index in [0.717, 1.165) is 15.6 Å². The van der Waals surface area contributed by atoms with Gasteiger partial charge in [-0.05, 0) is 42.2 Å². The summed E-state index contributed by atoms with van der Waals surface area (Å²) in [6, 6.07) is 10.4. The SMILES string of the molecule is Cc1cccc(C(N)Cc2ccc(Br)cc2F)c1Cl. The van der Waals surface area contributed by atoms with Gasteiger partial charge >= 0.3 is 0 Å². The van der Waals surface area contributed by atoms with Crippen LogP contribution in [0, 0.1) is 12.7 Å². The van der Waals surface area contributed by atoms with Crippen molar-refractivity contribution in [2.75, 3.05) is 0 Å². The van der Waals surface area contributed by atoms with Crippen LogP contribution in [0.25, 0.3) is 0 Å². The van der Waals surface area contributed by atoms with Gasteiger partial charge in [0.25, 0.3) is 0 Å². The molecule has 0 fully saturated rings. The molecule has 4 heteroatoms. The van der Waals surface area contributed by atoms with Crippen LogP contribution in [0.5, 0.6) is 0 Å². The lowest BCUT2D eigenvalue weighted by atomic mass is 9.98. The summed E-state index contributed by atoms with van der Waals surface area (Å²) in [6.45, 7) is 1.93. The number of aryl methyl sites for hydroxylation is 1. The summed E-state index contributed by atoms with van der Waals surface area (Å²) >= 11 is 9.47. The van der Waals surface area contributed by atoms with E-state index in [-0.39, 0.29) is 11.9 Å². The maximum absolute atomic E-state index is 13.8. The largest absolute Gasteiger partial charge is 0.324 e. The second-order valence-corrected chi connectivity index (χ2v) is 5.82. The van der Waals surface area contributed by atoms with Crippen molar-refractivity contribution in [1.82, 2.24) is 0 Å². The molecule has 0 aromatic heterocycles. The molecule has 1 unspecified atom stereocenters. The highest BCUT2D eigenvalue weighted by atomic mass is 79.9. The van der Waals surface area contributed by atoms with Crippen molar-refractivity contribution >= 4 is 27.5 Å². The lowest BCUT2D eigenvalue weighted by Crippen LogP contribution is -2.15. The molecule has 0 saturated heterocycles. The molecule has 0 bridgehead atoms. The van der Waals surface area contributed by atoms with Crippen LogP contribution in [-0.2, 0) is 6.42 Å². The molecule has 2 aromatic rings. The molecule has 2 rings (SSSR count). The number of benzene rings is 2. The Morgan fingerprint density at radius 2 is 2.05 bits per heavy atom. The summed E-state index contributed by atoms with van der Waals surface area (Å²) in [5, 5.41) is 0.660. The van der Waals surface area contributed by atoms with E-state index < -0.39 is 0 Å². The molecule has 0 aliphatic rings. The van der Waals surface area contributed by atoms with E-state index in [4.69, 9.17) is 17.3 Å². The fourth-order valence-corrected chi connectivity index (χ4v) is 2.59. The van der Waals surface area contributed by atoms with Gasteiger partial charge in [0.05, 0.1) is 0 Å². The standard InChI is InChI=1S/C15H14BrClFN/c1-9-3-2-4-12(15(9)17)14(19)7-10-5-6-11(16)8-13(10)18/h2-6,8,14H,7,19H2,1H3. The molecule has 0 saturated carbocycles. The van der Waals surface area contributed by atoms with Gasteiger partial charge in [0.15, 0.2) is 0 Å². The van der Waals surface area contributed by atoms with Crippen molar-refractivity contribution < 1.29 is 4.39 Å². The van der Waals surface area contributed by atoms with Gasteiger partial charge < -0.3 is 5.73 Å². The van der Waals surface area contributed by atoms with Crippen molar-refractivity contribution in [2.24, 2.45) is 5.73 Å². The molecule has 2 N–H and O–H groups in total. The second kappa shape index (κ2) is 6.04. The maximum atomic E-state index is 13.8. The Kier molecular flexibility index (Phi) is 4.61. The zero-order valence-electron chi connectivity index (χ0n) is 10.5. The molecule has 0 amide bonds. The van der Waals surface area contributed by atoms with Gasteiger partial charge in [0, 0.05) is 15.5 Å². The van der Waals surface area contributed by atoms with E-state index in [1.165, 1.54) is 6.07 Å². The number of halogens is 3. The summed E-state index contributed by atoms with van der Waals surface area (Å²) in [6.07, 6.45) is 0.419. The lowest BCUT2D eigenvalue weighted by molar-refractivity contribution is 0.592. The number of nitrogens with two attached hydrogens (primary N) is 1. The van der Waals surface area contributed by atoms with E-state index in [9.17, 15) is 4.39 Å². The van der Waals surface area contributed by atoms with Crippen molar-refractivity contribution in [2.45, 2.75) is 19.4 Å². The van der Waals surface area contributed by atoms with E-state index in [2.05, 4.69) is 15.9 Å². The molecule has 0 spiro atoms. The Morgan fingerprint density at radius 3 is 2.74 bits per heavy atom. The second-order valence-electron chi connectivity index (χ2n) is 4.52. The first-order chi connectivity index (χ1) is 8.99. The van der Waals surface area contributed by atoms with E-state index in [1.807, 2.05) is 31.2 Å². The zero-order valence-corrected chi connectivity index (χ0v) is 12.8. The maximum Gasteiger partial charge on any atom is 0.127 e. The molecule has 1 atom stereocenters. The minimum atomic E-state index is -0.317. The highest BCUT2D eigenvalue weighted by Gasteiger charge is 2.14. The van der Waals surface area contributed by atoms with Crippen LogP contribution >= 0.6 is 27.5 Å². The Morgan fingerprint density at radius 1 is 1.32 bits per heavy atom. The minimum absolute atomic E-state index is 0.256. The van der Waals surface area contributed by atoms with Crippen LogP contribution in [-0.4, -0.2) is 0 Å². The average molecular weight is 343 g/mol. The molecule has 0 heterocycles. The van der Waals surface area contributed by atoms with Crippen molar-refractivity contribution in [1.29, 1.82) is 0 Å². The van der Waals surface area contributed by atoms with Crippen LogP contribution < -0.4 is 5.73 Å². The lowest BCUT2D eigenvalue weighted by Gasteiger charge is -2.15. The zero-order chi connectivity index (χ0) is 14.0. The number of hydrogen-bond donors (Lipinski definition) is 1. The summed E-state index contributed by atoms with van der Waals surface area (Å²) in [5.74, 6) is -0.256. The van der Waals surface area contributed by atoms with Crippen molar-refractivity contribution in [3.05, 3.63) is 68.4 Å². The van der Waals surface area contributed by atoms with Crippen LogP contribution in [0.2, 0.25) is 5.02 Å². The third-order valence-corrected chi connectivity index (χ3v) is 4.09. The van der Waals surface area contributed by atoms with Gasteiger partial charge in [-0.25, -0.2) is 4.39 Å². The third kappa shape index (κ3) is 3.35. The normalized spacial score (nSPS) is 12.5. The van der Waals surface area contributed by atoms with E-state index in [0.29, 0.717) is 17.0 Å². The number of hydrogen-bond acceptors (Lipinski definition) is 1. The third-order valence-electron chi connectivity index (χ3n) is 3.08. The summed E-state index contributed by atoms with van der Waals surface area (Å²) in [5.41, 5.74) is 8.56. The van der Waals surface area contributed by atoms with E-state index in [1.54, 1.807) is 6.07 Å². The first-order valence-corrected chi connectivity index (χ1v) is 7.10. The van der Waals surface area contributed by atoms with Crippen molar-refractivity contribution in [3.8, 4) is 0 Å². The van der Waals surface area contributed by atoms with Crippen LogP contribution in [0.1, 0.15) is 22.7 Å². The highest BCUT2D eigenvalue weighted by Crippen LogP contribution is 2.28. The molecule has 0 aliphatic carbocycles. The average Bonchev–Trinajstić information content (AvgIpc) is 2.36.